The molecule has 3 N–H and O–H groups in total. The summed E-state index contributed by atoms with van der Waals surface area (Å²) in [6.07, 6.45) is 0. The molecule has 0 aromatic heterocycles. The summed E-state index contributed by atoms with van der Waals surface area (Å²) in [6.45, 7) is 2.08. The smallest absolute Gasteiger partial charge is 0.220 e. The van der Waals surface area contributed by atoms with Gasteiger partial charge in [-0.1, -0.05) is 5.16 Å². The zero-order valence-electron chi connectivity index (χ0n) is 5.59. The molecular weight excluding hydrogens is 132 g/mol. The molecule has 0 atom stereocenters. The molecule has 0 amide bonds. The van der Waals surface area contributed by atoms with Gasteiger partial charge in [0.2, 0.25) is 5.71 Å². The Morgan fingerprint density at radius 2 is 2.50 bits per heavy atom. The van der Waals surface area contributed by atoms with Gasteiger partial charge in [0.1, 0.15) is 12.7 Å². The number of nitrogens with zero attached hydrogens (tertiary/aromatic N) is 2. The van der Waals surface area contributed by atoms with E-state index in [9.17, 15) is 0 Å². The quantitative estimate of drug-likeness (QED) is 0.324. The molecule has 0 unspecified atom stereocenters. The van der Waals surface area contributed by atoms with Crippen molar-refractivity contribution in [3.63, 3.8) is 0 Å². The number of hydrogen-bond acceptors (Lipinski definition) is 4. The zero-order valence-corrected chi connectivity index (χ0v) is 5.59. The van der Waals surface area contributed by atoms with Gasteiger partial charge < -0.3 is 10.6 Å². The van der Waals surface area contributed by atoms with Crippen LogP contribution in [0.4, 0.5) is 0 Å². The van der Waals surface area contributed by atoms with E-state index in [-0.39, 0.29) is 11.5 Å². The first-order chi connectivity index (χ1) is 4.72. The number of amidine groups is 1. The first-order valence-electron chi connectivity index (χ1n) is 2.66. The summed E-state index contributed by atoms with van der Waals surface area (Å²) in [5.74, 6) is -0.379. The summed E-state index contributed by atoms with van der Waals surface area (Å²) in [5, 5.41) is 18.3. The van der Waals surface area contributed by atoms with Gasteiger partial charge in [-0.25, -0.2) is 0 Å². The Hall–Kier alpha value is -1.57. The Morgan fingerprint density at radius 1 is 1.90 bits per heavy atom. The summed E-state index contributed by atoms with van der Waals surface area (Å²) >= 11 is 0. The lowest BCUT2D eigenvalue weighted by Gasteiger charge is -1.92. The van der Waals surface area contributed by atoms with Gasteiger partial charge in [-0.2, -0.15) is 5.26 Å². The molecule has 0 aliphatic rings. The van der Waals surface area contributed by atoms with E-state index in [0.29, 0.717) is 6.61 Å². The third-order valence-electron chi connectivity index (χ3n) is 0.646. The number of oxime groups is 1. The Kier molecular flexibility index (Phi) is 3.64. The van der Waals surface area contributed by atoms with Crippen LogP contribution in [0.5, 0.6) is 0 Å². The Labute approximate surface area is 58.6 Å². The number of nitrogens with two attached hydrogens (primary N) is 1. The highest BCUT2D eigenvalue weighted by Gasteiger charge is 1.99. The van der Waals surface area contributed by atoms with Crippen LogP contribution in [0, 0.1) is 16.7 Å². The number of rotatable bonds is 3. The van der Waals surface area contributed by atoms with Gasteiger partial charge in [-0.15, -0.1) is 0 Å². The second-order valence-corrected chi connectivity index (χ2v) is 1.38. The van der Waals surface area contributed by atoms with Crippen LogP contribution in [-0.2, 0) is 4.84 Å². The number of nitrogens with one attached hydrogen (secondary N) is 1. The van der Waals surface area contributed by atoms with Crippen molar-refractivity contribution < 1.29 is 4.84 Å². The Morgan fingerprint density at radius 3 is 2.80 bits per heavy atom. The molecule has 0 saturated carbocycles. The first kappa shape index (κ1) is 8.43. The van der Waals surface area contributed by atoms with Gasteiger partial charge in [0.25, 0.3) is 0 Å². The molecule has 0 heterocycles. The summed E-state index contributed by atoms with van der Waals surface area (Å²) in [7, 11) is 0. The predicted octanol–water partition coefficient (Wildman–Crippen LogP) is -0.162. The Balaban J connectivity index is 4.09. The van der Waals surface area contributed by atoms with Crippen molar-refractivity contribution in [2.24, 2.45) is 10.9 Å². The largest absolute Gasteiger partial charge is 0.395 e. The zero-order chi connectivity index (χ0) is 7.98. The maximum atomic E-state index is 8.24. The summed E-state index contributed by atoms with van der Waals surface area (Å²) in [5.41, 5.74) is 4.75. The van der Waals surface area contributed by atoms with Crippen molar-refractivity contribution in [1.29, 1.82) is 10.7 Å². The minimum Gasteiger partial charge on any atom is -0.395 e. The lowest BCUT2D eigenvalue weighted by Crippen LogP contribution is -2.21. The van der Waals surface area contributed by atoms with E-state index >= 15 is 0 Å². The monoisotopic (exact) mass is 140 g/mol. The molecule has 0 aromatic carbocycles. The van der Waals surface area contributed by atoms with Gasteiger partial charge >= 0.3 is 0 Å². The molecular formula is C5H8N4O. The molecule has 0 radical (unpaired) electrons. The van der Waals surface area contributed by atoms with E-state index in [1.165, 1.54) is 0 Å². The topological polar surface area (TPSA) is 95.2 Å². The minimum absolute atomic E-state index is 0.193. The van der Waals surface area contributed by atoms with Gasteiger partial charge in [0, 0.05) is 0 Å². The minimum atomic E-state index is -0.379. The Bertz CT molecular complexity index is 190. The lowest BCUT2D eigenvalue weighted by molar-refractivity contribution is 0.160. The molecule has 5 nitrogen and oxygen atoms in total. The van der Waals surface area contributed by atoms with Crippen molar-refractivity contribution in [1.82, 2.24) is 0 Å². The molecule has 0 bridgehead atoms. The third-order valence-corrected chi connectivity index (χ3v) is 0.646. The average Bonchev–Trinajstić information content (AvgIpc) is 1.89. The van der Waals surface area contributed by atoms with Gasteiger partial charge in [0.15, 0.2) is 5.84 Å². The first-order valence-corrected chi connectivity index (χ1v) is 2.66. The van der Waals surface area contributed by atoms with Crippen LogP contribution < -0.4 is 5.73 Å². The number of nitriles is 1. The van der Waals surface area contributed by atoms with Gasteiger partial charge in [0.05, 0.1) is 0 Å². The molecule has 0 aliphatic carbocycles. The maximum Gasteiger partial charge on any atom is 0.220 e. The molecule has 0 rings (SSSR count). The molecule has 0 saturated heterocycles. The fraction of sp³-hybridized carbons (Fsp3) is 0.400. The SMILES string of the molecule is CCO/N=C(/C#N)C(=N)N. The molecule has 5 heteroatoms. The highest BCUT2D eigenvalue weighted by atomic mass is 16.6. The van der Waals surface area contributed by atoms with E-state index in [4.69, 9.17) is 16.4 Å². The lowest BCUT2D eigenvalue weighted by atomic mass is 10.4. The third kappa shape index (κ3) is 2.67. The van der Waals surface area contributed by atoms with E-state index in [1.807, 2.05) is 0 Å². The standard InChI is InChI=1S/C5H8N4O/c1-2-10-9-4(3-6)5(7)8/h2H2,1H3,(H3,7,8)/b9-4-. The van der Waals surface area contributed by atoms with Crippen LogP contribution in [0.15, 0.2) is 5.16 Å². The van der Waals surface area contributed by atoms with Crippen LogP contribution in [-0.4, -0.2) is 18.2 Å². The fourth-order valence-corrected chi connectivity index (χ4v) is 0.259. The molecule has 54 valence electrons. The molecule has 0 spiro atoms. The van der Waals surface area contributed by atoms with Crippen molar-refractivity contribution in [2.45, 2.75) is 6.92 Å². The normalized spacial score (nSPS) is 10.2. The van der Waals surface area contributed by atoms with Crippen molar-refractivity contribution >= 4 is 11.5 Å². The van der Waals surface area contributed by atoms with Gasteiger partial charge in [-0.3, -0.25) is 5.41 Å². The van der Waals surface area contributed by atoms with Crippen molar-refractivity contribution in [3.05, 3.63) is 0 Å². The summed E-state index contributed by atoms with van der Waals surface area (Å²) in [4.78, 5) is 4.49. The van der Waals surface area contributed by atoms with Crippen LogP contribution in [0.2, 0.25) is 0 Å². The van der Waals surface area contributed by atoms with Crippen LogP contribution in [0.25, 0.3) is 0 Å². The summed E-state index contributed by atoms with van der Waals surface area (Å²) in [6, 6.07) is 1.61. The molecule has 0 aromatic rings. The predicted molar refractivity (Wildman–Crippen MR) is 36.6 cm³/mol. The van der Waals surface area contributed by atoms with E-state index in [1.54, 1.807) is 13.0 Å². The average molecular weight is 140 g/mol. The van der Waals surface area contributed by atoms with Crippen LogP contribution in [0.1, 0.15) is 6.92 Å². The van der Waals surface area contributed by atoms with Crippen molar-refractivity contribution in [2.75, 3.05) is 6.61 Å². The highest BCUT2D eigenvalue weighted by Crippen LogP contribution is 1.78. The molecule has 0 aliphatic heterocycles. The fourth-order valence-electron chi connectivity index (χ4n) is 0.259. The van der Waals surface area contributed by atoms with E-state index in [0.717, 1.165) is 0 Å². The van der Waals surface area contributed by atoms with Crippen LogP contribution in [0.3, 0.4) is 0 Å². The summed E-state index contributed by atoms with van der Waals surface area (Å²) < 4.78 is 0. The molecule has 0 fully saturated rings. The second kappa shape index (κ2) is 4.32. The highest BCUT2D eigenvalue weighted by molar-refractivity contribution is 6.45. The van der Waals surface area contributed by atoms with Crippen LogP contribution >= 0.6 is 0 Å². The van der Waals surface area contributed by atoms with Gasteiger partial charge in [-0.05, 0) is 6.92 Å². The maximum absolute atomic E-state index is 8.24. The number of hydrogen-bond donors (Lipinski definition) is 2. The second-order valence-electron chi connectivity index (χ2n) is 1.38. The molecule has 10 heavy (non-hydrogen) atoms. The van der Waals surface area contributed by atoms with Crippen molar-refractivity contribution in [3.8, 4) is 6.07 Å². The van der Waals surface area contributed by atoms with E-state index in [2.05, 4.69) is 9.99 Å². The van der Waals surface area contributed by atoms with E-state index < -0.39 is 0 Å².